The number of likely N-dealkylation sites (N-methyl/N-ethyl adjacent to an activating group) is 1. The molecule has 1 unspecified atom stereocenters. The van der Waals surface area contributed by atoms with Gasteiger partial charge in [-0.3, -0.25) is 14.6 Å². The van der Waals surface area contributed by atoms with E-state index in [2.05, 4.69) is 11.5 Å². The van der Waals surface area contributed by atoms with Crippen LogP contribution in [0.3, 0.4) is 0 Å². The molecular formula is C21H24N5O2+. The van der Waals surface area contributed by atoms with Gasteiger partial charge < -0.3 is 0 Å². The molecule has 3 heterocycles. The van der Waals surface area contributed by atoms with Gasteiger partial charge in [0.15, 0.2) is 0 Å². The molecule has 2 fully saturated rings. The second-order valence-electron chi connectivity index (χ2n) is 7.91. The van der Waals surface area contributed by atoms with Crippen molar-refractivity contribution in [2.24, 2.45) is 4.99 Å². The lowest BCUT2D eigenvalue weighted by Crippen LogP contribution is -2.62. The number of fused-ring (bicyclic) bond motifs is 3. The maximum absolute atomic E-state index is 13.3. The molecule has 0 spiro atoms. The van der Waals surface area contributed by atoms with Crippen molar-refractivity contribution in [3.05, 3.63) is 47.8 Å². The van der Waals surface area contributed by atoms with E-state index in [9.17, 15) is 9.59 Å². The van der Waals surface area contributed by atoms with E-state index in [4.69, 9.17) is 4.99 Å². The van der Waals surface area contributed by atoms with Gasteiger partial charge in [-0.05, 0) is 38.2 Å². The molecule has 3 aliphatic rings. The van der Waals surface area contributed by atoms with Crippen molar-refractivity contribution in [1.82, 2.24) is 14.4 Å². The zero-order valence-electron chi connectivity index (χ0n) is 16.2. The largest absolute Gasteiger partial charge is 0.402 e. The molecule has 7 heteroatoms. The quantitative estimate of drug-likeness (QED) is 0.771. The highest BCUT2D eigenvalue weighted by Crippen LogP contribution is 2.37. The van der Waals surface area contributed by atoms with Crippen molar-refractivity contribution in [2.45, 2.75) is 51.2 Å². The van der Waals surface area contributed by atoms with E-state index >= 15 is 0 Å². The summed E-state index contributed by atoms with van der Waals surface area (Å²) < 4.78 is 4.21. The Morgan fingerprint density at radius 3 is 2.57 bits per heavy atom. The predicted octanol–water partition coefficient (Wildman–Crippen LogP) is 2.88. The summed E-state index contributed by atoms with van der Waals surface area (Å²) in [6.07, 6.45) is 6.74. The van der Waals surface area contributed by atoms with Gasteiger partial charge in [0.1, 0.15) is 11.9 Å². The molecule has 3 amide bonds. The summed E-state index contributed by atoms with van der Waals surface area (Å²) in [5, 5.41) is 0. The molecule has 1 aliphatic carbocycles. The molecule has 2 aromatic rings. The molecule has 0 N–H and O–H groups in total. The average molecular weight is 378 g/mol. The summed E-state index contributed by atoms with van der Waals surface area (Å²) in [7, 11) is 1.71. The Kier molecular flexibility index (Phi) is 3.86. The molecular weight excluding hydrogens is 354 g/mol. The summed E-state index contributed by atoms with van der Waals surface area (Å²) in [6, 6.07) is 9.15. The minimum Gasteiger partial charge on any atom is -0.270 e. The highest BCUT2D eigenvalue weighted by molar-refractivity contribution is 6.19. The molecule has 1 aromatic carbocycles. The summed E-state index contributed by atoms with van der Waals surface area (Å²) in [5.41, 5.74) is 2.05. The number of rotatable bonds is 3. The Balaban J connectivity index is 1.54. The normalized spacial score (nSPS) is 21.9. The number of aliphatic imine (C=N–C) groups is 1. The van der Waals surface area contributed by atoms with Crippen LogP contribution in [-0.2, 0) is 11.3 Å². The van der Waals surface area contributed by atoms with Crippen LogP contribution in [0.2, 0.25) is 0 Å². The van der Waals surface area contributed by atoms with E-state index < -0.39 is 6.04 Å². The number of hydrogen-bond donors (Lipinski definition) is 0. The van der Waals surface area contributed by atoms with E-state index in [1.54, 1.807) is 7.05 Å². The Morgan fingerprint density at radius 1 is 1.14 bits per heavy atom. The molecule has 1 saturated carbocycles. The number of imidazole rings is 1. The van der Waals surface area contributed by atoms with Gasteiger partial charge in [0, 0.05) is 7.05 Å². The van der Waals surface area contributed by atoms with Crippen molar-refractivity contribution in [3.8, 4) is 0 Å². The predicted molar refractivity (Wildman–Crippen MR) is 103 cm³/mol. The number of hydrogen-bond acceptors (Lipinski definition) is 3. The first kappa shape index (κ1) is 17.2. The highest BCUT2D eigenvalue weighted by Gasteiger charge is 2.53. The molecule has 7 nitrogen and oxygen atoms in total. The van der Waals surface area contributed by atoms with E-state index in [1.807, 2.05) is 41.1 Å². The third kappa shape index (κ3) is 2.42. The van der Waals surface area contributed by atoms with Crippen LogP contribution < -0.4 is 4.57 Å². The first-order valence-electron chi connectivity index (χ1n) is 9.91. The second kappa shape index (κ2) is 6.29. The summed E-state index contributed by atoms with van der Waals surface area (Å²) in [5.74, 6) is 1.11. The molecule has 28 heavy (non-hydrogen) atoms. The fraction of sp³-hybridized carbons (Fsp3) is 0.429. The number of imide groups is 1. The Labute approximate surface area is 163 Å². The van der Waals surface area contributed by atoms with Gasteiger partial charge in [-0.25, -0.2) is 13.9 Å². The fourth-order valence-electron chi connectivity index (χ4n) is 4.73. The van der Waals surface area contributed by atoms with Crippen LogP contribution in [0.1, 0.15) is 49.0 Å². The Bertz CT molecular complexity index is 988. The van der Waals surface area contributed by atoms with Crippen LogP contribution in [0.25, 0.3) is 0 Å². The van der Waals surface area contributed by atoms with Crippen molar-refractivity contribution in [1.29, 1.82) is 0 Å². The second-order valence-corrected chi connectivity index (χ2v) is 7.91. The zero-order valence-corrected chi connectivity index (χ0v) is 16.2. The number of aryl methyl sites for hydroxylation is 1. The molecule has 0 bridgehead atoms. The van der Waals surface area contributed by atoms with Crippen LogP contribution in [0.5, 0.6) is 0 Å². The Morgan fingerprint density at radius 2 is 1.86 bits per heavy atom. The number of aromatic nitrogens is 2. The van der Waals surface area contributed by atoms with E-state index in [1.165, 1.54) is 22.6 Å². The van der Waals surface area contributed by atoms with Gasteiger partial charge >= 0.3 is 12.0 Å². The maximum atomic E-state index is 13.3. The summed E-state index contributed by atoms with van der Waals surface area (Å²) in [4.78, 5) is 33.9. The van der Waals surface area contributed by atoms with Crippen LogP contribution in [0, 0.1) is 6.92 Å². The maximum Gasteiger partial charge on any atom is 0.402 e. The third-order valence-electron chi connectivity index (χ3n) is 6.12. The van der Waals surface area contributed by atoms with Gasteiger partial charge in [-0.1, -0.05) is 35.3 Å². The number of urea groups is 1. The van der Waals surface area contributed by atoms with Crippen molar-refractivity contribution in [3.63, 3.8) is 0 Å². The number of carbonyl (C=O) groups excluding carboxylic acids is 2. The van der Waals surface area contributed by atoms with Gasteiger partial charge in [-0.2, -0.15) is 0 Å². The van der Waals surface area contributed by atoms with Crippen LogP contribution in [0.15, 0.2) is 41.5 Å². The number of amides is 3. The molecule has 0 radical (unpaired) electrons. The first-order chi connectivity index (χ1) is 13.6. The highest BCUT2D eigenvalue weighted by atomic mass is 16.2. The number of nitrogens with zero attached hydrogens (tertiary/aromatic N) is 5. The van der Waals surface area contributed by atoms with Gasteiger partial charge in [0.25, 0.3) is 5.91 Å². The lowest BCUT2D eigenvalue weighted by Gasteiger charge is -2.33. The minimum absolute atomic E-state index is 0.210. The SMILES string of the molecule is Cc1c[n+]2c(n1C1CCCC1)N=C1C2C(=O)N(Cc2ccccc2)C(=O)N1C. The molecule has 1 atom stereocenters. The zero-order chi connectivity index (χ0) is 19.4. The fourth-order valence-corrected chi connectivity index (χ4v) is 4.73. The smallest absolute Gasteiger partial charge is 0.270 e. The van der Waals surface area contributed by atoms with Gasteiger partial charge in [0.2, 0.25) is 11.9 Å². The number of amidine groups is 1. The van der Waals surface area contributed by atoms with Crippen LogP contribution in [-0.4, -0.2) is 39.2 Å². The summed E-state index contributed by atoms with van der Waals surface area (Å²) in [6.45, 7) is 2.34. The molecule has 1 saturated heterocycles. The van der Waals surface area contributed by atoms with Gasteiger partial charge in [0.05, 0.1) is 12.6 Å². The number of carbonyl (C=O) groups is 2. The molecule has 5 rings (SSSR count). The van der Waals surface area contributed by atoms with E-state index in [0.717, 1.165) is 30.0 Å². The lowest BCUT2D eigenvalue weighted by atomic mass is 10.1. The molecule has 1 aromatic heterocycles. The summed E-state index contributed by atoms with van der Waals surface area (Å²) >= 11 is 0. The van der Waals surface area contributed by atoms with Crippen LogP contribution >= 0.6 is 0 Å². The monoisotopic (exact) mass is 378 g/mol. The van der Waals surface area contributed by atoms with Crippen molar-refractivity contribution < 1.29 is 14.2 Å². The molecule has 2 aliphatic heterocycles. The standard InChI is InChI=1S/C21H24N5O2/c1-14-12-24-17-18(22-20(24)26(14)16-10-6-7-11-16)23(2)21(28)25(19(17)27)13-15-8-4-3-5-9-15/h3-5,8-9,12,16-17H,6-7,10-11,13H2,1-2H3/q+1. The van der Waals surface area contributed by atoms with E-state index in [-0.39, 0.29) is 18.5 Å². The third-order valence-corrected chi connectivity index (χ3v) is 6.12. The molecule has 144 valence electrons. The Hall–Kier alpha value is -2.96. The van der Waals surface area contributed by atoms with Crippen molar-refractivity contribution in [2.75, 3.05) is 7.05 Å². The average Bonchev–Trinajstić information content (AvgIpc) is 3.40. The van der Waals surface area contributed by atoms with Crippen LogP contribution in [0.4, 0.5) is 10.7 Å². The minimum atomic E-state index is -0.567. The lowest BCUT2D eigenvalue weighted by molar-refractivity contribution is -0.677. The van der Waals surface area contributed by atoms with E-state index in [0.29, 0.717) is 11.9 Å². The van der Waals surface area contributed by atoms with Crippen molar-refractivity contribution >= 4 is 23.7 Å². The topological polar surface area (TPSA) is 61.8 Å². The first-order valence-corrected chi connectivity index (χ1v) is 9.91. The van der Waals surface area contributed by atoms with Gasteiger partial charge in [-0.15, -0.1) is 0 Å². The number of benzene rings is 1.